The van der Waals surface area contributed by atoms with Crippen molar-refractivity contribution < 1.29 is 13.2 Å². The van der Waals surface area contributed by atoms with Gasteiger partial charge in [0.2, 0.25) is 0 Å². The molecule has 0 N–H and O–H groups in total. The number of rotatable bonds is 3. The third-order valence-electron chi connectivity index (χ3n) is 3.29. The predicted octanol–water partition coefficient (Wildman–Crippen LogP) is 3.74. The molecule has 0 unspecified atom stereocenters. The molecular weight excluding hydrogens is 279 g/mol. The molecule has 2 aromatic heterocycles. The number of fused-ring (bicyclic) bond motifs is 1. The first-order valence-corrected chi connectivity index (χ1v) is 6.44. The summed E-state index contributed by atoms with van der Waals surface area (Å²) in [5, 5.41) is 3.66. The van der Waals surface area contributed by atoms with Gasteiger partial charge in [0.25, 0.3) is 5.82 Å². The molecule has 0 amide bonds. The number of hydrogen-bond acceptors (Lipinski definition) is 2. The van der Waals surface area contributed by atoms with Crippen LogP contribution in [0.4, 0.5) is 13.2 Å². The van der Waals surface area contributed by atoms with E-state index in [2.05, 4.69) is 10.1 Å². The minimum Gasteiger partial charge on any atom is -0.203 e. The third-order valence-corrected chi connectivity index (χ3v) is 3.69. The molecule has 0 atom stereocenters. The fraction of sp³-hybridized carbons (Fsp3) is 0.500. The van der Waals surface area contributed by atoms with Crippen molar-refractivity contribution in [2.24, 2.45) is 5.92 Å². The van der Waals surface area contributed by atoms with Gasteiger partial charge in [0.05, 0.1) is 0 Å². The minimum absolute atomic E-state index is 0.118. The van der Waals surface area contributed by atoms with Crippen molar-refractivity contribution in [3.63, 3.8) is 0 Å². The van der Waals surface area contributed by atoms with Crippen LogP contribution < -0.4 is 0 Å². The van der Waals surface area contributed by atoms with Crippen molar-refractivity contribution >= 4 is 17.2 Å². The van der Waals surface area contributed by atoms with E-state index in [1.54, 1.807) is 6.07 Å². The van der Waals surface area contributed by atoms with Gasteiger partial charge in [0.1, 0.15) is 5.15 Å². The van der Waals surface area contributed by atoms with Crippen LogP contribution in [0.25, 0.3) is 5.65 Å². The van der Waals surface area contributed by atoms with Gasteiger partial charge in [-0.25, -0.2) is 9.50 Å². The Morgan fingerprint density at radius 2 is 2.05 bits per heavy atom. The lowest BCUT2D eigenvalue weighted by molar-refractivity contribution is -0.144. The molecule has 0 aromatic carbocycles. The third kappa shape index (κ3) is 2.54. The highest BCUT2D eigenvalue weighted by molar-refractivity contribution is 6.30. The summed E-state index contributed by atoms with van der Waals surface area (Å²) in [5.41, 5.74) is 0.937. The average Bonchev–Trinajstić information content (AvgIpc) is 3.03. The van der Waals surface area contributed by atoms with E-state index in [-0.39, 0.29) is 10.8 Å². The first-order valence-electron chi connectivity index (χ1n) is 6.06. The van der Waals surface area contributed by atoms with Crippen LogP contribution in [0.2, 0.25) is 5.15 Å². The fourth-order valence-corrected chi connectivity index (χ4v) is 2.31. The first kappa shape index (κ1) is 12.7. The van der Waals surface area contributed by atoms with Gasteiger partial charge in [-0.05, 0) is 30.4 Å². The van der Waals surface area contributed by atoms with Gasteiger partial charge in [0.15, 0.2) is 5.65 Å². The van der Waals surface area contributed by atoms with Gasteiger partial charge >= 0.3 is 6.18 Å². The smallest absolute Gasteiger partial charge is 0.203 e. The molecule has 19 heavy (non-hydrogen) atoms. The summed E-state index contributed by atoms with van der Waals surface area (Å²) in [5.74, 6) is -0.415. The Balaban J connectivity index is 1.95. The maximum Gasteiger partial charge on any atom is 0.453 e. The summed E-state index contributed by atoms with van der Waals surface area (Å²) in [6.45, 7) is 0. The standard InChI is InChI=1S/C12H11ClF3N3/c13-10-8(4-3-7-1-2-7)5-6-9-17-11(12(14,15)16)18-19(9)10/h5-7H,1-4H2. The molecule has 102 valence electrons. The average molecular weight is 290 g/mol. The number of hydrogen-bond donors (Lipinski definition) is 0. The SMILES string of the molecule is FC(F)(F)c1nc2ccc(CCC3CC3)c(Cl)n2n1. The largest absolute Gasteiger partial charge is 0.453 e. The molecule has 0 saturated heterocycles. The maximum atomic E-state index is 12.5. The Labute approximate surface area is 112 Å². The topological polar surface area (TPSA) is 30.2 Å². The number of aryl methyl sites for hydroxylation is 1. The monoisotopic (exact) mass is 289 g/mol. The summed E-state index contributed by atoms with van der Waals surface area (Å²) in [6.07, 6.45) is -0.293. The van der Waals surface area contributed by atoms with E-state index >= 15 is 0 Å². The lowest BCUT2D eigenvalue weighted by Gasteiger charge is -2.04. The van der Waals surface area contributed by atoms with Gasteiger partial charge in [-0.1, -0.05) is 30.5 Å². The van der Waals surface area contributed by atoms with Crippen LogP contribution in [0.5, 0.6) is 0 Å². The Morgan fingerprint density at radius 3 is 2.68 bits per heavy atom. The molecule has 7 heteroatoms. The Kier molecular flexibility index (Phi) is 2.92. The molecule has 0 aliphatic heterocycles. The molecule has 3 rings (SSSR count). The number of pyridine rings is 1. The molecule has 0 spiro atoms. The molecule has 1 saturated carbocycles. The molecule has 3 nitrogen and oxygen atoms in total. The van der Waals surface area contributed by atoms with Crippen LogP contribution in [0.3, 0.4) is 0 Å². The highest BCUT2D eigenvalue weighted by Gasteiger charge is 2.36. The Hall–Kier alpha value is -1.30. The molecule has 1 fully saturated rings. The highest BCUT2D eigenvalue weighted by Crippen LogP contribution is 2.34. The second kappa shape index (κ2) is 4.37. The molecule has 0 radical (unpaired) electrons. The van der Waals surface area contributed by atoms with Crippen LogP contribution in [0, 0.1) is 5.92 Å². The predicted molar refractivity (Wildman–Crippen MR) is 64.0 cm³/mol. The lowest BCUT2D eigenvalue weighted by atomic mass is 10.1. The quantitative estimate of drug-likeness (QED) is 0.806. The summed E-state index contributed by atoms with van der Waals surface area (Å²) in [4.78, 5) is 3.44. The van der Waals surface area contributed by atoms with Gasteiger partial charge in [0, 0.05) is 0 Å². The van der Waals surface area contributed by atoms with E-state index in [0.29, 0.717) is 0 Å². The van der Waals surface area contributed by atoms with Crippen LogP contribution in [0.15, 0.2) is 12.1 Å². The molecule has 2 aromatic rings. The van der Waals surface area contributed by atoms with Crippen molar-refractivity contribution in [3.8, 4) is 0 Å². The van der Waals surface area contributed by atoms with Gasteiger partial charge in [-0.3, -0.25) is 0 Å². The van der Waals surface area contributed by atoms with Crippen LogP contribution in [0.1, 0.15) is 30.7 Å². The summed E-state index contributed by atoms with van der Waals surface area (Å²) < 4.78 is 38.7. The van der Waals surface area contributed by atoms with Crippen molar-refractivity contribution in [1.29, 1.82) is 0 Å². The van der Waals surface area contributed by atoms with E-state index in [1.165, 1.54) is 18.9 Å². The van der Waals surface area contributed by atoms with Gasteiger partial charge in [-0.15, -0.1) is 5.10 Å². The lowest BCUT2D eigenvalue weighted by Crippen LogP contribution is -2.07. The molecule has 1 aliphatic carbocycles. The number of nitrogens with zero attached hydrogens (tertiary/aromatic N) is 3. The second-order valence-corrected chi connectivity index (χ2v) is 5.19. The number of alkyl halides is 3. The van der Waals surface area contributed by atoms with E-state index in [1.807, 2.05) is 0 Å². The van der Waals surface area contributed by atoms with Gasteiger partial charge < -0.3 is 0 Å². The van der Waals surface area contributed by atoms with Gasteiger partial charge in [-0.2, -0.15) is 13.2 Å². The zero-order chi connectivity index (χ0) is 13.6. The van der Waals surface area contributed by atoms with E-state index in [0.717, 1.165) is 28.8 Å². The van der Waals surface area contributed by atoms with Crippen LogP contribution >= 0.6 is 11.6 Å². The maximum absolute atomic E-state index is 12.5. The molecular formula is C12H11ClF3N3. The van der Waals surface area contributed by atoms with E-state index in [4.69, 9.17) is 11.6 Å². The summed E-state index contributed by atoms with van der Waals surface area (Å²) in [7, 11) is 0. The number of aromatic nitrogens is 3. The number of halogens is 4. The Morgan fingerprint density at radius 1 is 1.32 bits per heavy atom. The first-order chi connectivity index (χ1) is 8.95. The van der Waals surface area contributed by atoms with Crippen LogP contribution in [-0.4, -0.2) is 14.6 Å². The van der Waals surface area contributed by atoms with Crippen molar-refractivity contribution in [2.45, 2.75) is 31.9 Å². The fourth-order valence-electron chi connectivity index (χ4n) is 2.03. The molecule has 0 bridgehead atoms. The Bertz CT molecular complexity index is 616. The normalized spacial score (nSPS) is 16.2. The minimum atomic E-state index is -4.55. The van der Waals surface area contributed by atoms with E-state index in [9.17, 15) is 13.2 Å². The molecule has 1 aliphatic rings. The second-order valence-electron chi connectivity index (χ2n) is 4.83. The molecule has 2 heterocycles. The van der Waals surface area contributed by atoms with Crippen molar-refractivity contribution in [2.75, 3.05) is 0 Å². The highest BCUT2D eigenvalue weighted by atomic mass is 35.5. The van der Waals surface area contributed by atoms with Crippen molar-refractivity contribution in [3.05, 3.63) is 28.7 Å². The van der Waals surface area contributed by atoms with Crippen LogP contribution in [-0.2, 0) is 12.6 Å². The summed E-state index contributed by atoms with van der Waals surface area (Å²) >= 11 is 6.10. The van der Waals surface area contributed by atoms with E-state index < -0.39 is 12.0 Å². The summed E-state index contributed by atoms with van der Waals surface area (Å²) in [6, 6.07) is 3.26. The zero-order valence-corrected chi connectivity index (χ0v) is 10.7. The zero-order valence-electron chi connectivity index (χ0n) is 9.91. The van der Waals surface area contributed by atoms with Crippen molar-refractivity contribution in [1.82, 2.24) is 14.6 Å².